The van der Waals surface area contributed by atoms with Gasteiger partial charge in [-0.3, -0.25) is 4.79 Å². The van der Waals surface area contributed by atoms with Gasteiger partial charge in [0.2, 0.25) is 0 Å². The Morgan fingerprint density at radius 1 is 1.16 bits per heavy atom. The van der Waals surface area contributed by atoms with Crippen LogP contribution in [-0.2, 0) is 6.54 Å². The highest BCUT2D eigenvalue weighted by Crippen LogP contribution is 2.35. The number of hydrogen-bond donors (Lipinski definition) is 2. The molecule has 1 aromatic carbocycles. The van der Waals surface area contributed by atoms with Gasteiger partial charge in [0, 0.05) is 23.3 Å². The van der Waals surface area contributed by atoms with Crippen molar-refractivity contribution in [3.8, 4) is 20.5 Å². The van der Waals surface area contributed by atoms with Crippen LogP contribution in [0.2, 0.25) is 5.02 Å². The highest BCUT2D eigenvalue weighted by Gasteiger charge is 2.14. The topological polar surface area (TPSA) is 88.9 Å². The van der Waals surface area contributed by atoms with Crippen molar-refractivity contribution in [2.75, 3.05) is 11.9 Å². The van der Waals surface area contributed by atoms with E-state index in [2.05, 4.69) is 20.7 Å². The van der Waals surface area contributed by atoms with E-state index in [0.29, 0.717) is 16.4 Å². The second kappa shape index (κ2) is 9.42. The molecule has 0 fully saturated rings. The number of amides is 2. The van der Waals surface area contributed by atoms with Crippen molar-refractivity contribution < 1.29 is 4.79 Å². The zero-order valence-electron chi connectivity index (χ0n) is 16.5. The molecule has 2 amide bonds. The Morgan fingerprint density at radius 3 is 2.71 bits per heavy atom. The van der Waals surface area contributed by atoms with Crippen LogP contribution in [0.4, 0.5) is 10.5 Å². The van der Waals surface area contributed by atoms with E-state index in [1.807, 2.05) is 24.4 Å². The van der Waals surface area contributed by atoms with Crippen LogP contribution in [0.5, 0.6) is 0 Å². The lowest BCUT2D eigenvalue weighted by Gasteiger charge is -2.09. The highest BCUT2D eigenvalue weighted by atomic mass is 35.5. The summed E-state index contributed by atoms with van der Waals surface area (Å²) in [5.41, 5.74) is 1.94. The van der Waals surface area contributed by atoms with E-state index in [9.17, 15) is 9.59 Å². The molecule has 0 unspecified atom stereocenters. The molecule has 3 aromatic heterocycles. The summed E-state index contributed by atoms with van der Waals surface area (Å²) in [6.07, 6.45) is 0. The number of rotatable bonds is 6. The number of halogens is 1. The first-order valence-corrected chi connectivity index (χ1v) is 11.5. The molecule has 0 radical (unpaired) electrons. The molecular formula is C21H18ClN5O2S2. The van der Waals surface area contributed by atoms with Crippen molar-refractivity contribution in [3.05, 3.63) is 75.0 Å². The number of nitrogens with one attached hydrogen (secondary N) is 2. The number of aromatic nitrogens is 3. The van der Waals surface area contributed by atoms with E-state index in [-0.39, 0.29) is 24.7 Å². The van der Waals surface area contributed by atoms with E-state index >= 15 is 0 Å². The first-order chi connectivity index (χ1) is 15.0. The van der Waals surface area contributed by atoms with Crippen LogP contribution in [0, 0.1) is 6.92 Å². The van der Waals surface area contributed by atoms with Crippen molar-refractivity contribution in [1.29, 1.82) is 0 Å². The Balaban J connectivity index is 1.42. The summed E-state index contributed by atoms with van der Waals surface area (Å²) in [7, 11) is 0. The number of hydrogen-bond acceptors (Lipinski definition) is 6. The molecule has 10 heteroatoms. The average molecular weight is 472 g/mol. The molecule has 3 heterocycles. The summed E-state index contributed by atoms with van der Waals surface area (Å²) in [4.78, 5) is 30.9. The van der Waals surface area contributed by atoms with Gasteiger partial charge < -0.3 is 10.6 Å². The summed E-state index contributed by atoms with van der Waals surface area (Å²) in [6, 6.07) is 13.6. The van der Waals surface area contributed by atoms with Gasteiger partial charge in [-0.25, -0.2) is 14.5 Å². The summed E-state index contributed by atoms with van der Waals surface area (Å²) in [6.45, 7) is 2.43. The van der Waals surface area contributed by atoms with Gasteiger partial charge in [0.1, 0.15) is 10.7 Å². The fourth-order valence-corrected chi connectivity index (χ4v) is 4.81. The molecule has 4 rings (SSSR count). The van der Waals surface area contributed by atoms with Gasteiger partial charge in [0.25, 0.3) is 5.56 Å². The zero-order valence-corrected chi connectivity index (χ0v) is 18.9. The number of thiophene rings is 1. The molecule has 31 heavy (non-hydrogen) atoms. The summed E-state index contributed by atoms with van der Waals surface area (Å²) < 4.78 is 1.35. The fourth-order valence-electron chi connectivity index (χ4n) is 2.85. The van der Waals surface area contributed by atoms with Crippen molar-refractivity contribution in [1.82, 2.24) is 20.1 Å². The normalized spacial score (nSPS) is 10.8. The smallest absolute Gasteiger partial charge is 0.319 e. The molecule has 4 aromatic rings. The SMILES string of the molecule is Cc1nc(-c2cccs2)sc1-c1ccc(=O)n(CCNC(=O)Nc2ccc(Cl)cc2)n1. The van der Waals surface area contributed by atoms with Crippen molar-refractivity contribution >= 4 is 46.0 Å². The number of carbonyl (C=O) groups is 1. The standard InChI is InChI=1S/C21H18ClN5O2S2/c1-13-19(31-20(24-13)17-3-2-12-30-17)16-8-9-18(28)27(26-16)11-10-23-21(29)25-15-6-4-14(22)5-7-15/h2-9,12H,10-11H2,1H3,(H2,23,25,29). The largest absolute Gasteiger partial charge is 0.336 e. The van der Waals surface area contributed by atoms with Crippen LogP contribution in [0.15, 0.2) is 58.7 Å². The molecule has 0 saturated carbocycles. The molecule has 0 aliphatic carbocycles. The van der Waals surface area contributed by atoms with Gasteiger partial charge in [-0.05, 0) is 48.7 Å². The third-order valence-electron chi connectivity index (χ3n) is 4.34. The number of benzene rings is 1. The molecule has 0 saturated heterocycles. The third-order valence-corrected chi connectivity index (χ3v) is 6.81. The molecule has 0 bridgehead atoms. The van der Waals surface area contributed by atoms with Crippen molar-refractivity contribution in [2.45, 2.75) is 13.5 Å². The Kier molecular flexibility index (Phi) is 6.45. The molecule has 0 aliphatic heterocycles. The number of nitrogens with zero attached hydrogens (tertiary/aromatic N) is 3. The van der Waals surface area contributed by atoms with E-state index in [4.69, 9.17) is 11.6 Å². The van der Waals surface area contributed by atoms with Gasteiger partial charge >= 0.3 is 6.03 Å². The maximum atomic E-state index is 12.2. The lowest BCUT2D eigenvalue weighted by molar-refractivity contribution is 0.251. The molecule has 0 spiro atoms. The van der Waals surface area contributed by atoms with Crippen molar-refractivity contribution in [2.24, 2.45) is 0 Å². The predicted molar refractivity (Wildman–Crippen MR) is 126 cm³/mol. The minimum Gasteiger partial charge on any atom is -0.336 e. The lowest BCUT2D eigenvalue weighted by Crippen LogP contribution is -2.34. The number of anilines is 1. The average Bonchev–Trinajstić information content (AvgIpc) is 3.41. The van der Waals surface area contributed by atoms with Gasteiger partial charge in [0.05, 0.1) is 22.0 Å². The Morgan fingerprint density at radius 2 is 1.97 bits per heavy atom. The summed E-state index contributed by atoms with van der Waals surface area (Å²) >= 11 is 9.02. The van der Waals surface area contributed by atoms with E-state index in [1.165, 1.54) is 10.7 Å². The quantitative estimate of drug-likeness (QED) is 0.419. The van der Waals surface area contributed by atoms with E-state index in [1.54, 1.807) is 53.0 Å². The number of urea groups is 1. The maximum Gasteiger partial charge on any atom is 0.319 e. The molecule has 2 N–H and O–H groups in total. The summed E-state index contributed by atoms with van der Waals surface area (Å²) in [5.74, 6) is 0. The maximum absolute atomic E-state index is 12.2. The molecule has 0 aliphatic rings. The van der Waals surface area contributed by atoms with Crippen LogP contribution in [0.3, 0.4) is 0 Å². The number of carbonyl (C=O) groups excluding carboxylic acids is 1. The molecule has 158 valence electrons. The van der Waals surface area contributed by atoms with Crippen LogP contribution in [0.1, 0.15) is 5.69 Å². The Labute approximate surface area is 191 Å². The first-order valence-electron chi connectivity index (χ1n) is 9.40. The van der Waals surface area contributed by atoms with Gasteiger partial charge in [0.15, 0.2) is 0 Å². The highest BCUT2D eigenvalue weighted by molar-refractivity contribution is 7.23. The molecule has 7 nitrogen and oxygen atoms in total. The Bertz CT molecular complexity index is 1250. The Hall–Kier alpha value is -3.01. The van der Waals surface area contributed by atoms with Crippen LogP contribution < -0.4 is 16.2 Å². The first kappa shape index (κ1) is 21.2. The lowest BCUT2D eigenvalue weighted by atomic mass is 10.3. The van der Waals surface area contributed by atoms with E-state index in [0.717, 1.165) is 20.5 Å². The van der Waals surface area contributed by atoms with Gasteiger partial charge in [-0.2, -0.15) is 5.10 Å². The molecule has 0 atom stereocenters. The third kappa shape index (κ3) is 5.19. The number of thiazole rings is 1. The van der Waals surface area contributed by atoms with Gasteiger partial charge in [-0.1, -0.05) is 17.7 Å². The second-order valence-corrected chi connectivity index (χ2v) is 8.96. The van der Waals surface area contributed by atoms with Crippen LogP contribution in [0.25, 0.3) is 20.5 Å². The van der Waals surface area contributed by atoms with Crippen molar-refractivity contribution in [3.63, 3.8) is 0 Å². The predicted octanol–water partition coefficient (Wildman–Crippen LogP) is 4.88. The number of aryl methyl sites for hydroxylation is 1. The zero-order chi connectivity index (χ0) is 21.8. The fraction of sp³-hybridized carbons (Fsp3) is 0.143. The van der Waals surface area contributed by atoms with Crippen LogP contribution in [-0.4, -0.2) is 27.3 Å². The van der Waals surface area contributed by atoms with Crippen LogP contribution >= 0.6 is 34.3 Å². The monoisotopic (exact) mass is 471 g/mol. The minimum absolute atomic E-state index is 0.232. The van der Waals surface area contributed by atoms with E-state index < -0.39 is 0 Å². The van der Waals surface area contributed by atoms with Gasteiger partial charge in [-0.15, -0.1) is 22.7 Å². The minimum atomic E-state index is -0.370. The second-order valence-electron chi connectivity index (χ2n) is 6.58. The molecular weight excluding hydrogens is 454 g/mol. The summed E-state index contributed by atoms with van der Waals surface area (Å²) in [5, 5.41) is 13.5.